The first-order chi connectivity index (χ1) is 12.5. The summed E-state index contributed by atoms with van der Waals surface area (Å²) < 4.78 is 17.7. The molecule has 1 heterocycles. The number of rotatable bonds is 6. The number of fused-ring (bicyclic) bond motifs is 3. The Labute approximate surface area is 156 Å². The number of thiophene rings is 1. The highest BCUT2D eigenvalue weighted by atomic mass is 32.1. The van der Waals surface area contributed by atoms with Crippen LogP contribution in [-0.2, 0) is 0 Å². The van der Waals surface area contributed by atoms with E-state index in [1.165, 1.54) is 30.6 Å². The second-order valence-electron chi connectivity index (χ2n) is 7.44. The Bertz CT molecular complexity index is 840. The van der Waals surface area contributed by atoms with E-state index in [-0.39, 0.29) is 4.88 Å². The quantitative estimate of drug-likeness (QED) is 0.793. The van der Waals surface area contributed by atoms with Crippen molar-refractivity contribution in [3.8, 4) is 17.2 Å². The number of benzene rings is 1. The number of methoxy groups -OCH3 is 2. The van der Waals surface area contributed by atoms with E-state index in [9.17, 15) is 9.90 Å². The number of aromatic carboxylic acids is 1. The molecule has 2 saturated carbocycles. The van der Waals surface area contributed by atoms with Crippen molar-refractivity contribution in [3.63, 3.8) is 0 Å². The Hall–Kier alpha value is -1.95. The van der Waals surface area contributed by atoms with Crippen molar-refractivity contribution in [3.05, 3.63) is 17.0 Å². The van der Waals surface area contributed by atoms with Crippen LogP contribution in [0.5, 0.6) is 17.2 Å². The molecule has 1 aromatic heterocycles. The van der Waals surface area contributed by atoms with Crippen LogP contribution in [0.4, 0.5) is 0 Å². The van der Waals surface area contributed by atoms with Gasteiger partial charge in [-0.3, -0.25) is 0 Å². The van der Waals surface area contributed by atoms with E-state index >= 15 is 0 Å². The van der Waals surface area contributed by atoms with Gasteiger partial charge < -0.3 is 19.3 Å². The number of hydrogen-bond donors (Lipinski definition) is 1. The van der Waals surface area contributed by atoms with Gasteiger partial charge in [-0.05, 0) is 49.0 Å². The van der Waals surface area contributed by atoms with Gasteiger partial charge in [0.05, 0.1) is 20.8 Å². The Morgan fingerprint density at radius 3 is 2.50 bits per heavy atom. The predicted octanol–water partition coefficient (Wildman–Crippen LogP) is 4.68. The molecule has 4 rings (SSSR count). The van der Waals surface area contributed by atoms with Crippen molar-refractivity contribution in [2.45, 2.75) is 26.2 Å². The molecule has 2 aliphatic rings. The van der Waals surface area contributed by atoms with Crippen molar-refractivity contribution >= 4 is 27.4 Å². The zero-order valence-electron chi connectivity index (χ0n) is 15.3. The fourth-order valence-electron chi connectivity index (χ4n) is 4.85. The van der Waals surface area contributed by atoms with Crippen LogP contribution in [-0.4, -0.2) is 31.9 Å². The summed E-state index contributed by atoms with van der Waals surface area (Å²) in [5.41, 5.74) is 0. The molecule has 0 radical (unpaired) electrons. The SMILES string of the molecule is COc1cc2sc(C(=O)O)c(OCC3C4CCC(C4)C3C)c2cc1OC. The maximum absolute atomic E-state index is 11.8. The highest BCUT2D eigenvalue weighted by Crippen LogP contribution is 2.52. The zero-order chi connectivity index (χ0) is 18.4. The molecule has 0 amide bonds. The van der Waals surface area contributed by atoms with Crippen molar-refractivity contribution in [1.29, 1.82) is 0 Å². The molecular formula is C20H24O5S. The standard InChI is InChI=1S/C20H24O5S/c1-10-11-4-5-12(6-11)14(10)9-25-18-13-7-15(23-2)16(24-3)8-17(13)26-19(18)20(21)22/h7-8,10-12,14H,4-6,9H2,1-3H3,(H,21,22). The van der Waals surface area contributed by atoms with E-state index in [1.54, 1.807) is 14.2 Å². The third-order valence-electron chi connectivity index (χ3n) is 6.30. The number of hydrogen-bond acceptors (Lipinski definition) is 5. The topological polar surface area (TPSA) is 65.0 Å². The average Bonchev–Trinajstić information content (AvgIpc) is 3.32. The summed E-state index contributed by atoms with van der Waals surface area (Å²) in [5.74, 6) is 3.39. The maximum atomic E-state index is 11.8. The van der Waals surface area contributed by atoms with Crippen LogP contribution in [0.2, 0.25) is 0 Å². The third kappa shape index (κ3) is 2.71. The van der Waals surface area contributed by atoms with Crippen molar-refractivity contribution in [2.24, 2.45) is 23.7 Å². The van der Waals surface area contributed by atoms with E-state index in [1.807, 2.05) is 12.1 Å². The molecule has 4 atom stereocenters. The molecule has 2 aliphatic carbocycles. The molecule has 0 aliphatic heterocycles. The minimum absolute atomic E-state index is 0.242. The molecule has 0 spiro atoms. The van der Waals surface area contributed by atoms with Crippen molar-refractivity contribution in [1.82, 2.24) is 0 Å². The summed E-state index contributed by atoms with van der Waals surface area (Å²) in [6, 6.07) is 3.63. The highest BCUT2D eigenvalue weighted by molar-refractivity contribution is 7.21. The fourth-order valence-corrected chi connectivity index (χ4v) is 5.85. The lowest BCUT2D eigenvalue weighted by molar-refractivity contribution is 0.0695. The lowest BCUT2D eigenvalue weighted by atomic mass is 9.81. The Morgan fingerprint density at radius 2 is 1.88 bits per heavy atom. The summed E-state index contributed by atoms with van der Waals surface area (Å²) in [7, 11) is 3.15. The van der Waals surface area contributed by atoms with Gasteiger partial charge in [0.15, 0.2) is 22.1 Å². The van der Waals surface area contributed by atoms with E-state index in [2.05, 4.69) is 6.92 Å². The molecule has 2 fully saturated rings. The molecule has 140 valence electrons. The van der Waals surface area contributed by atoms with Gasteiger partial charge in [0, 0.05) is 16.2 Å². The van der Waals surface area contributed by atoms with Gasteiger partial charge in [-0.25, -0.2) is 4.79 Å². The zero-order valence-corrected chi connectivity index (χ0v) is 16.1. The van der Waals surface area contributed by atoms with Crippen LogP contribution < -0.4 is 14.2 Å². The summed E-state index contributed by atoms with van der Waals surface area (Å²) in [4.78, 5) is 12.0. The van der Waals surface area contributed by atoms with Crippen LogP contribution in [0.15, 0.2) is 12.1 Å². The average molecular weight is 376 g/mol. The Balaban J connectivity index is 1.68. The molecule has 0 saturated heterocycles. The molecular weight excluding hydrogens is 352 g/mol. The second kappa shape index (κ2) is 6.65. The van der Waals surface area contributed by atoms with Gasteiger partial charge >= 0.3 is 5.97 Å². The summed E-state index contributed by atoms with van der Waals surface area (Å²) >= 11 is 1.22. The first kappa shape index (κ1) is 17.5. The van der Waals surface area contributed by atoms with Gasteiger partial charge in [0.25, 0.3) is 0 Å². The minimum atomic E-state index is -0.958. The van der Waals surface area contributed by atoms with E-state index < -0.39 is 5.97 Å². The minimum Gasteiger partial charge on any atom is -0.493 e. The molecule has 1 N–H and O–H groups in total. The number of carboxylic acids is 1. The van der Waals surface area contributed by atoms with Crippen LogP contribution in [0.1, 0.15) is 35.9 Å². The summed E-state index contributed by atoms with van der Waals surface area (Å²) in [5, 5.41) is 10.4. The molecule has 2 bridgehead atoms. The normalized spacial score (nSPS) is 27.0. The number of ether oxygens (including phenoxy) is 3. The molecule has 26 heavy (non-hydrogen) atoms. The lowest BCUT2D eigenvalue weighted by Gasteiger charge is -2.28. The number of carbonyl (C=O) groups is 1. The molecule has 6 heteroatoms. The number of carboxylic acid groups (broad SMARTS) is 1. The summed E-state index contributed by atoms with van der Waals surface area (Å²) in [6.07, 6.45) is 3.92. The van der Waals surface area contributed by atoms with Crippen molar-refractivity contribution in [2.75, 3.05) is 20.8 Å². The Morgan fingerprint density at radius 1 is 1.19 bits per heavy atom. The molecule has 2 aromatic rings. The van der Waals surface area contributed by atoms with Crippen LogP contribution in [0.3, 0.4) is 0 Å². The van der Waals surface area contributed by atoms with E-state index in [0.29, 0.717) is 35.7 Å². The maximum Gasteiger partial charge on any atom is 0.349 e. The van der Waals surface area contributed by atoms with Gasteiger partial charge in [-0.15, -0.1) is 11.3 Å². The van der Waals surface area contributed by atoms with E-state index in [0.717, 1.165) is 21.9 Å². The van der Waals surface area contributed by atoms with Crippen LogP contribution in [0.25, 0.3) is 10.1 Å². The first-order valence-electron chi connectivity index (χ1n) is 9.08. The fraction of sp³-hybridized carbons (Fsp3) is 0.550. The monoisotopic (exact) mass is 376 g/mol. The smallest absolute Gasteiger partial charge is 0.349 e. The van der Waals surface area contributed by atoms with Crippen LogP contribution in [0, 0.1) is 23.7 Å². The molecule has 5 nitrogen and oxygen atoms in total. The van der Waals surface area contributed by atoms with Crippen LogP contribution >= 0.6 is 11.3 Å². The van der Waals surface area contributed by atoms with Gasteiger partial charge in [0.1, 0.15) is 0 Å². The van der Waals surface area contributed by atoms with Crippen molar-refractivity contribution < 1.29 is 24.1 Å². The molecule has 4 unspecified atom stereocenters. The van der Waals surface area contributed by atoms with Gasteiger partial charge in [0.2, 0.25) is 0 Å². The largest absolute Gasteiger partial charge is 0.493 e. The summed E-state index contributed by atoms with van der Waals surface area (Å²) in [6.45, 7) is 2.90. The van der Waals surface area contributed by atoms with E-state index in [4.69, 9.17) is 14.2 Å². The Kier molecular flexibility index (Phi) is 4.47. The lowest BCUT2D eigenvalue weighted by Crippen LogP contribution is -2.26. The van der Waals surface area contributed by atoms with Gasteiger partial charge in [-0.1, -0.05) is 6.92 Å². The second-order valence-corrected chi connectivity index (χ2v) is 8.49. The van der Waals surface area contributed by atoms with Gasteiger partial charge in [-0.2, -0.15) is 0 Å². The molecule has 1 aromatic carbocycles. The predicted molar refractivity (Wildman–Crippen MR) is 101 cm³/mol. The first-order valence-corrected chi connectivity index (χ1v) is 9.89. The third-order valence-corrected chi connectivity index (χ3v) is 7.42. The highest BCUT2D eigenvalue weighted by Gasteiger charge is 2.45.